The van der Waals surface area contributed by atoms with Crippen LogP contribution >= 0.6 is 22.6 Å². The van der Waals surface area contributed by atoms with Gasteiger partial charge >= 0.3 is 0 Å². The Morgan fingerprint density at radius 1 is 1.41 bits per heavy atom. The lowest BCUT2D eigenvalue weighted by Gasteiger charge is -2.50. The van der Waals surface area contributed by atoms with Crippen LogP contribution in [-0.2, 0) is 0 Å². The highest BCUT2D eigenvalue weighted by atomic mass is 127. The Balaban J connectivity index is 2.23. The van der Waals surface area contributed by atoms with Crippen LogP contribution in [0, 0.1) is 23.2 Å². The van der Waals surface area contributed by atoms with Crippen LogP contribution in [0.4, 0.5) is 0 Å². The van der Waals surface area contributed by atoms with Gasteiger partial charge in [-0.2, -0.15) is 0 Å². The van der Waals surface area contributed by atoms with Gasteiger partial charge in [0.15, 0.2) is 0 Å². The van der Waals surface area contributed by atoms with Gasteiger partial charge in [0, 0.05) is 3.42 Å². The van der Waals surface area contributed by atoms with Gasteiger partial charge in [-0.25, -0.2) is 0 Å². The van der Waals surface area contributed by atoms with Crippen molar-refractivity contribution in [1.29, 1.82) is 0 Å². The first kappa shape index (κ1) is 13.9. The van der Waals surface area contributed by atoms with Gasteiger partial charge in [0.2, 0.25) is 0 Å². The highest BCUT2D eigenvalue weighted by Gasteiger charge is 2.44. The van der Waals surface area contributed by atoms with Gasteiger partial charge in [-0.05, 0) is 36.0 Å². The van der Waals surface area contributed by atoms with E-state index in [0.29, 0.717) is 8.84 Å². The van der Waals surface area contributed by atoms with Gasteiger partial charge in [0.25, 0.3) is 0 Å². The molecule has 2 unspecified atom stereocenters. The summed E-state index contributed by atoms with van der Waals surface area (Å²) in [5.41, 5.74) is 0.511. The van der Waals surface area contributed by atoms with Gasteiger partial charge in [0.1, 0.15) is 0 Å². The Bertz CT molecular complexity index is 299. The fraction of sp³-hybridized carbons (Fsp3) is 0.875. The second-order valence-corrected chi connectivity index (χ2v) is 9.72. The number of alkyl halides is 1. The fourth-order valence-corrected chi connectivity index (χ4v) is 4.49. The van der Waals surface area contributed by atoms with E-state index in [1.165, 1.54) is 32.1 Å². The zero-order chi connectivity index (χ0) is 12.7. The predicted octanol–water partition coefficient (Wildman–Crippen LogP) is 5.61. The molecule has 1 heteroatoms. The minimum Gasteiger partial charge on any atom is -0.0835 e. The summed E-state index contributed by atoms with van der Waals surface area (Å²) in [6.07, 6.45) is 12.2. The van der Waals surface area contributed by atoms with Crippen LogP contribution in [0.25, 0.3) is 0 Å². The molecule has 0 spiro atoms. The number of hydrogen-bond donors (Lipinski definition) is 0. The molecular weight excluding hydrogens is 319 g/mol. The third kappa shape index (κ3) is 2.74. The van der Waals surface area contributed by atoms with E-state index < -0.39 is 0 Å². The van der Waals surface area contributed by atoms with Crippen molar-refractivity contribution in [3.63, 3.8) is 0 Å². The molecule has 2 aliphatic carbocycles. The van der Waals surface area contributed by atoms with E-state index in [0.717, 1.165) is 17.8 Å². The summed E-state index contributed by atoms with van der Waals surface area (Å²) in [4.78, 5) is 0. The Labute approximate surface area is 121 Å². The van der Waals surface area contributed by atoms with Crippen molar-refractivity contribution in [2.75, 3.05) is 0 Å². The van der Waals surface area contributed by atoms with Crippen LogP contribution in [-0.4, -0.2) is 3.42 Å². The molecule has 17 heavy (non-hydrogen) atoms. The van der Waals surface area contributed by atoms with Crippen LogP contribution < -0.4 is 0 Å². The maximum absolute atomic E-state index is 2.63. The molecule has 0 radical (unpaired) electrons. The molecule has 0 N–H and O–H groups in total. The number of allylic oxidation sites excluding steroid dienone is 2. The van der Waals surface area contributed by atoms with Crippen LogP contribution in [0.1, 0.15) is 59.8 Å². The standard InChI is InChI=1S/C16H27I/c1-5-12-7-6-9-16(4)10-8-13(11-14(12)16)15(2,3)17/h8,10,12-14H,5-7,9,11H2,1-4H3/t12?,13-,14?,16-/m1/s1. The maximum Gasteiger partial charge on any atom is 0.0228 e. The van der Waals surface area contributed by atoms with Crippen molar-refractivity contribution in [2.24, 2.45) is 23.2 Å². The second-order valence-electron chi connectivity index (χ2n) is 6.94. The molecule has 0 aromatic carbocycles. The normalized spacial score (nSPS) is 42.3. The van der Waals surface area contributed by atoms with Crippen LogP contribution in [0.2, 0.25) is 0 Å². The SMILES string of the molecule is CCC1CCC[C@]2(C)C=C[C@@H](C(C)(C)I)CC12. The molecule has 0 saturated heterocycles. The van der Waals surface area contributed by atoms with Crippen molar-refractivity contribution in [1.82, 2.24) is 0 Å². The van der Waals surface area contributed by atoms with Gasteiger partial charge < -0.3 is 0 Å². The van der Waals surface area contributed by atoms with Gasteiger partial charge in [-0.1, -0.05) is 81.7 Å². The molecule has 98 valence electrons. The zero-order valence-electron chi connectivity index (χ0n) is 11.8. The maximum atomic E-state index is 2.63. The molecule has 1 saturated carbocycles. The molecule has 4 atom stereocenters. The Morgan fingerprint density at radius 2 is 2.12 bits per heavy atom. The van der Waals surface area contributed by atoms with E-state index in [9.17, 15) is 0 Å². The molecule has 0 heterocycles. The van der Waals surface area contributed by atoms with Crippen LogP contribution in [0.3, 0.4) is 0 Å². The summed E-state index contributed by atoms with van der Waals surface area (Å²) < 4.78 is 0.408. The second kappa shape index (κ2) is 4.86. The van der Waals surface area contributed by atoms with E-state index in [4.69, 9.17) is 0 Å². The third-order valence-corrected chi connectivity index (χ3v) is 6.13. The number of halogens is 1. The molecule has 2 aliphatic rings. The lowest BCUT2D eigenvalue weighted by molar-refractivity contribution is 0.0660. The van der Waals surface area contributed by atoms with E-state index in [2.05, 4.69) is 62.4 Å². The highest BCUT2D eigenvalue weighted by molar-refractivity contribution is 14.1. The minimum absolute atomic E-state index is 0.408. The lowest BCUT2D eigenvalue weighted by Crippen LogP contribution is -2.41. The molecule has 1 fully saturated rings. The quantitative estimate of drug-likeness (QED) is 0.346. The van der Waals surface area contributed by atoms with E-state index in [-0.39, 0.29) is 0 Å². The van der Waals surface area contributed by atoms with Crippen LogP contribution in [0.15, 0.2) is 12.2 Å². The monoisotopic (exact) mass is 346 g/mol. The van der Waals surface area contributed by atoms with E-state index >= 15 is 0 Å². The molecule has 0 aromatic heterocycles. The van der Waals surface area contributed by atoms with Crippen molar-refractivity contribution >= 4 is 22.6 Å². The summed E-state index contributed by atoms with van der Waals surface area (Å²) >= 11 is 2.63. The summed E-state index contributed by atoms with van der Waals surface area (Å²) in [7, 11) is 0. The van der Waals surface area contributed by atoms with Gasteiger partial charge in [-0.3, -0.25) is 0 Å². The summed E-state index contributed by atoms with van der Waals surface area (Å²) in [6, 6.07) is 0. The Morgan fingerprint density at radius 3 is 2.71 bits per heavy atom. The Kier molecular flexibility index (Phi) is 3.97. The first-order valence-corrected chi connectivity index (χ1v) is 8.33. The molecule has 2 rings (SSSR count). The zero-order valence-corrected chi connectivity index (χ0v) is 14.0. The predicted molar refractivity (Wildman–Crippen MR) is 84.6 cm³/mol. The summed E-state index contributed by atoms with van der Waals surface area (Å²) in [5, 5.41) is 0. The number of rotatable bonds is 2. The fourth-order valence-electron chi connectivity index (χ4n) is 4.02. The first-order valence-electron chi connectivity index (χ1n) is 7.25. The van der Waals surface area contributed by atoms with Crippen LogP contribution in [0.5, 0.6) is 0 Å². The third-order valence-electron chi connectivity index (χ3n) is 5.33. The highest BCUT2D eigenvalue weighted by Crippen LogP contribution is 2.53. The number of fused-ring (bicyclic) bond motifs is 1. The Hall–Kier alpha value is 0.470. The van der Waals surface area contributed by atoms with Crippen molar-refractivity contribution in [3.05, 3.63) is 12.2 Å². The smallest absolute Gasteiger partial charge is 0.0228 e. The molecule has 0 amide bonds. The number of hydrogen-bond acceptors (Lipinski definition) is 0. The topological polar surface area (TPSA) is 0 Å². The summed E-state index contributed by atoms with van der Waals surface area (Å²) in [6.45, 7) is 9.66. The average molecular weight is 346 g/mol. The molecule has 0 nitrogen and oxygen atoms in total. The first-order chi connectivity index (χ1) is 7.87. The molecular formula is C16H27I. The molecule has 0 bridgehead atoms. The van der Waals surface area contributed by atoms with Crippen molar-refractivity contribution < 1.29 is 0 Å². The largest absolute Gasteiger partial charge is 0.0835 e. The summed E-state index contributed by atoms with van der Waals surface area (Å²) in [5.74, 6) is 2.68. The van der Waals surface area contributed by atoms with Crippen molar-refractivity contribution in [2.45, 2.75) is 63.2 Å². The van der Waals surface area contributed by atoms with E-state index in [1.54, 1.807) is 0 Å². The molecule has 0 aromatic rings. The van der Waals surface area contributed by atoms with E-state index in [1.807, 2.05) is 0 Å². The van der Waals surface area contributed by atoms with Crippen molar-refractivity contribution in [3.8, 4) is 0 Å². The lowest BCUT2D eigenvalue weighted by atomic mass is 9.56. The minimum atomic E-state index is 0.408. The average Bonchev–Trinajstić information content (AvgIpc) is 2.25. The molecule has 0 aliphatic heterocycles. The van der Waals surface area contributed by atoms with Gasteiger partial charge in [-0.15, -0.1) is 0 Å². The van der Waals surface area contributed by atoms with Gasteiger partial charge in [0.05, 0.1) is 0 Å².